The SMILES string of the molecule is NCC1([C@@H]2CCCCN2C(=O)Cc2ccc3cnccc3c2)CCC1. The van der Waals surface area contributed by atoms with Crippen LogP contribution >= 0.6 is 0 Å². The number of carbonyl (C=O) groups is 1. The van der Waals surface area contributed by atoms with Crippen LogP contribution in [0.25, 0.3) is 10.8 Å². The van der Waals surface area contributed by atoms with Gasteiger partial charge in [-0.05, 0) is 55.7 Å². The van der Waals surface area contributed by atoms with Gasteiger partial charge in [0.25, 0.3) is 0 Å². The van der Waals surface area contributed by atoms with E-state index in [1.807, 2.05) is 12.3 Å². The van der Waals surface area contributed by atoms with Gasteiger partial charge >= 0.3 is 0 Å². The Hall–Kier alpha value is -1.94. The highest BCUT2D eigenvalue weighted by Crippen LogP contribution is 2.47. The number of pyridine rings is 1. The summed E-state index contributed by atoms with van der Waals surface area (Å²) < 4.78 is 0. The Bertz CT molecular complexity index is 763. The number of hydrogen-bond acceptors (Lipinski definition) is 3. The molecule has 2 aliphatic rings. The van der Waals surface area contributed by atoms with Crippen molar-refractivity contribution < 1.29 is 4.79 Å². The number of piperidine rings is 1. The van der Waals surface area contributed by atoms with Gasteiger partial charge in [0.05, 0.1) is 6.42 Å². The molecule has 2 fully saturated rings. The Morgan fingerprint density at radius 3 is 2.84 bits per heavy atom. The maximum absolute atomic E-state index is 13.1. The number of benzene rings is 1. The van der Waals surface area contributed by atoms with Crippen molar-refractivity contribution in [2.45, 2.75) is 51.0 Å². The number of hydrogen-bond donors (Lipinski definition) is 1. The number of rotatable bonds is 4. The fourth-order valence-electron chi connectivity index (χ4n) is 4.69. The summed E-state index contributed by atoms with van der Waals surface area (Å²) in [4.78, 5) is 19.4. The second-order valence-electron chi connectivity index (χ2n) is 7.75. The Balaban J connectivity index is 1.53. The molecule has 2 N–H and O–H groups in total. The van der Waals surface area contributed by atoms with E-state index in [2.05, 4.69) is 28.1 Å². The number of aromatic nitrogens is 1. The van der Waals surface area contributed by atoms with E-state index in [9.17, 15) is 4.79 Å². The molecule has 2 aromatic rings. The monoisotopic (exact) mass is 337 g/mol. The number of carbonyl (C=O) groups excluding carboxylic acids is 1. The zero-order valence-electron chi connectivity index (χ0n) is 14.8. The number of fused-ring (bicyclic) bond motifs is 1. The third-order valence-corrected chi connectivity index (χ3v) is 6.35. The average Bonchev–Trinajstić information content (AvgIpc) is 2.61. The quantitative estimate of drug-likeness (QED) is 0.931. The Kier molecular flexibility index (Phi) is 4.46. The molecule has 0 radical (unpaired) electrons. The second-order valence-corrected chi connectivity index (χ2v) is 7.75. The van der Waals surface area contributed by atoms with E-state index in [0.717, 1.165) is 35.7 Å². The summed E-state index contributed by atoms with van der Waals surface area (Å²) in [5, 5.41) is 2.26. The summed E-state index contributed by atoms with van der Waals surface area (Å²) >= 11 is 0. The topological polar surface area (TPSA) is 59.2 Å². The van der Waals surface area contributed by atoms with Crippen LogP contribution in [0.15, 0.2) is 36.7 Å². The predicted molar refractivity (Wildman–Crippen MR) is 100 cm³/mol. The van der Waals surface area contributed by atoms with Crippen molar-refractivity contribution in [1.29, 1.82) is 0 Å². The van der Waals surface area contributed by atoms with E-state index in [-0.39, 0.29) is 11.3 Å². The van der Waals surface area contributed by atoms with Crippen LogP contribution in [0.5, 0.6) is 0 Å². The lowest BCUT2D eigenvalue weighted by molar-refractivity contribution is -0.140. The van der Waals surface area contributed by atoms with Gasteiger partial charge in [-0.3, -0.25) is 9.78 Å². The number of amides is 1. The van der Waals surface area contributed by atoms with Crippen LogP contribution in [0.4, 0.5) is 0 Å². The normalized spacial score (nSPS) is 22.6. The van der Waals surface area contributed by atoms with Crippen LogP contribution in [-0.2, 0) is 11.2 Å². The maximum atomic E-state index is 13.1. The molecule has 4 heteroatoms. The highest BCUT2D eigenvalue weighted by Gasteiger charge is 2.47. The minimum atomic E-state index is 0.186. The molecule has 1 aromatic heterocycles. The molecule has 25 heavy (non-hydrogen) atoms. The third-order valence-electron chi connectivity index (χ3n) is 6.35. The molecule has 2 heterocycles. The molecule has 132 valence electrons. The van der Waals surface area contributed by atoms with Gasteiger partial charge in [0.2, 0.25) is 5.91 Å². The lowest BCUT2D eigenvalue weighted by atomic mass is 9.62. The summed E-state index contributed by atoms with van der Waals surface area (Å²) in [7, 11) is 0. The van der Waals surface area contributed by atoms with Gasteiger partial charge in [0.15, 0.2) is 0 Å². The molecule has 1 saturated heterocycles. The highest BCUT2D eigenvalue weighted by atomic mass is 16.2. The molecule has 1 amide bonds. The molecule has 0 spiro atoms. The van der Waals surface area contributed by atoms with Crippen molar-refractivity contribution in [3.63, 3.8) is 0 Å². The molecule has 1 aliphatic heterocycles. The van der Waals surface area contributed by atoms with Gasteiger partial charge in [0.1, 0.15) is 0 Å². The smallest absolute Gasteiger partial charge is 0.227 e. The van der Waals surface area contributed by atoms with Gasteiger partial charge in [-0.25, -0.2) is 0 Å². The maximum Gasteiger partial charge on any atom is 0.227 e. The van der Waals surface area contributed by atoms with Gasteiger partial charge in [-0.15, -0.1) is 0 Å². The van der Waals surface area contributed by atoms with E-state index >= 15 is 0 Å². The van der Waals surface area contributed by atoms with Gasteiger partial charge in [-0.1, -0.05) is 24.6 Å². The van der Waals surface area contributed by atoms with Crippen molar-refractivity contribution in [3.05, 3.63) is 42.2 Å². The van der Waals surface area contributed by atoms with Crippen LogP contribution in [-0.4, -0.2) is 34.9 Å². The molecule has 4 rings (SSSR count). The zero-order chi connectivity index (χ0) is 17.3. The molecule has 0 unspecified atom stereocenters. The Morgan fingerprint density at radius 2 is 2.08 bits per heavy atom. The van der Waals surface area contributed by atoms with Crippen LogP contribution < -0.4 is 5.73 Å². The van der Waals surface area contributed by atoms with Gasteiger partial charge < -0.3 is 10.6 Å². The van der Waals surface area contributed by atoms with Crippen molar-refractivity contribution in [2.24, 2.45) is 11.1 Å². The molecular formula is C21H27N3O. The molecule has 1 atom stereocenters. The van der Waals surface area contributed by atoms with E-state index in [1.165, 1.54) is 25.7 Å². The van der Waals surface area contributed by atoms with Gasteiger partial charge in [-0.2, -0.15) is 0 Å². The van der Waals surface area contributed by atoms with Crippen molar-refractivity contribution >= 4 is 16.7 Å². The molecule has 1 saturated carbocycles. The van der Waals surface area contributed by atoms with Crippen LogP contribution in [0, 0.1) is 5.41 Å². The molecule has 0 bridgehead atoms. The summed E-state index contributed by atoms with van der Waals surface area (Å²) in [6, 6.07) is 8.59. The number of nitrogens with zero attached hydrogens (tertiary/aromatic N) is 2. The molecule has 1 aliphatic carbocycles. The first-order valence-corrected chi connectivity index (χ1v) is 9.54. The van der Waals surface area contributed by atoms with Crippen LogP contribution in [0.3, 0.4) is 0 Å². The standard InChI is InChI=1S/C21H27N3O/c22-15-21(8-3-9-21)19-4-1-2-11-24(19)20(25)13-16-5-6-18-14-23-10-7-17(18)12-16/h5-7,10,12,14,19H,1-4,8-9,11,13,15,22H2/t19-/m0/s1. The largest absolute Gasteiger partial charge is 0.339 e. The zero-order valence-corrected chi connectivity index (χ0v) is 14.8. The van der Waals surface area contributed by atoms with Crippen LogP contribution in [0.1, 0.15) is 44.1 Å². The second kappa shape index (κ2) is 6.75. The molecule has 1 aromatic carbocycles. The van der Waals surface area contributed by atoms with Crippen molar-refractivity contribution in [3.8, 4) is 0 Å². The minimum Gasteiger partial charge on any atom is -0.339 e. The Labute approximate surface area is 149 Å². The number of likely N-dealkylation sites (tertiary alicyclic amines) is 1. The predicted octanol–water partition coefficient (Wildman–Crippen LogP) is 3.29. The lowest BCUT2D eigenvalue weighted by Crippen LogP contribution is -2.58. The summed E-state index contributed by atoms with van der Waals surface area (Å²) in [5.41, 5.74) is 7.41. The fourth-order valence-corrected chi connectivity index (χ4v) is 4.69. The van der Waals surface area contributed by atoms with Crippen molar-refractivity contribution in [2.75, 3.05) is 13.1 Å². The van der Waals surface area contributed by atoms with E-state index < -0.39 is 0 Å². The summed E-state index contributed by atoms with van der Waals surface area (Å²) in [6.45, 7) is 1.60. The van der Waals surface area contributed by atoms with Crippen molar-refractivity contribution in [1.82, 2.24) is 9.88 Å². The highest BCUT2D eigenvalue weighted by molar-refractivity contribution is 5.85. The summed E-state index contributed by atoms with van der Waals surface area (Å²) in [6.07, 6.45) is 11.2. The first-order chi connectivity index (χ1) is 12.2. The molecule has 4 nitrogen and oxygen atoms in total. The van der Waals surface area contributed by atoms with E-state index in [0.29, 0.717) is 19.0 Å². The first-order valence-electron chi connectivity index (χ1n) is 9.54. The molecular weight excluding hydrogens is 310 g/mol. The fraction of sp³-hybridized carbons (Fsp3) is 0.524. The van der Waals surface area contributed by atoms with E-state index in [1.54, 1.807) is 6.20 Å². The first kappa shape index (κ1) is 16.5. The van der Waals surface area contributed by atoms with Gasteiger partial charge in [0, 0.05) is 35.8 Å². The lowest BCUT2D eigenvalue weighted by Gasteiger charge is -2.53. The average molecular weight is 337 g/mol. The summed E-state index contributed by atoms with van der Waals surface area (Å²) in [5.74, 6) is 0.262. The minimum absolute atomic E-state index is 0.186. The third kappa shape index (κ3) is 3.04. The van der Waals surface area contributed by atoms with E-state index in [4.69, 9.17) is 5.73 Å². The van der Waals surface area contributed by atoms with Crippen LogP contribution in [0.2, 0.25) is 0 Å². The Morgan fingerprint density at radius 1 is 1.20 bits per heavy atom. The number of nitrogens with two attached hydrogens (primary N) is 1.